The molecule has 0 aromatic carbocycles. The molecule has 90 valence electrons. The normalized spacial score (nSPS) is 12.7. The number of rotatable bonds is 5. The van der Waals surface area contributed by atoms with Crippen molar-refractivity contribution in [2.24, 2.45) is 0 Å². The van der Waals surface area contributed by atoms with Crippen molar-refractivity contribution in [1.29, 1.82) is 0 Å². The van der Waals surface area contributed by atoms with Gasteiger partial charge in [-0.3, -0.25) is 4.79 Å². The summed E-state index contributed by atoms with van der Waals surface area (Å²) in [5, 5.41) is 1.93. The van der Waals surface area contributed by atoms with Crippen LogP contribution in [0.2, 0.25) is 0 Å². The minimum atomic E-state index is -4.79. The number of alkyl halides is 3. The van der Waals surface area contributed by atoms with Gasteiger partial charge in [-0.1, -0.05) is 13.8 Å². The highest BCUT2D eigenvalue weighted by molar-refractivity contribution is 8.00. The van der Waals surface area contributed by atoms with E-state index in [-0.39, 0.29) is 11.3 Å². The average Bonchev–Trinajstić information content (AvgIpc) is 2.19. The fraction of sp³-hybridized carbons (Fsp3) is 0.889. The Morgan fingerprint density at radius 3 is 2.00 bits per heavy atom. The summed E-state index contributed by atoms with van der Waals surface area (Å²) in [7, 11) is 0. The van der Waals surface area contributed by atoms with Gasteiger partial charge in [0.15, 0.2) is 0 Å². The maximum absolute atomic E-state index is 11.9. The second-order valence-corrected chi connectivity index (χ2v) is 4.55. The molecule has 0 aromatic heterocycles. The number of carbonyl (C=O) groups is 1. The zero-order valence-electron chi connectivity index (χ0n) is 9.07. The number of carbonyl (C=O) groups excluding carboxylic acids is 1. The third-order valence-corrected chi connectivity index (χ3v) is 4.14. The quantitative estimate of drug-likeness (QED) is 0.804. The Kier molecular flexibility index (Phi) is 5.48. The number of hydrogen-bond donors (Lipinski definition) is 1. The average molecular weight is 243 g/mol. The highest BCUT2D eigenvalue weighted by Gasteiger charge is 2.39. The van der Waals surface area contributed by atoms with Gasteiger partial charge in [-0.2, -0.15) is 24.9 Å². The van der Waals surface area contributed by atoms with Crippen LogP contribution in [0, 0.1) is 0 Å². The monoisotopic (exact) mass is 243 g/mol. The van der Waals surface area contributed by atoms with Gasteiger partial charge in [0.25, 0.3) is 0 Å². The minimum Gasteiger partial charge on any atom is -0.347 e. The summed E-state index contributed by atoms with van der Waals surface area (Å²) >= 11 is 1.49. The van der Waals surface area contributed by atoms with Gasteiger partial charge in [-0.15, -0.1) is 0 Å². The molecule has 0 saturated carbocycles. The van der Waals surface area contributed by atoms with E-state index in [1.54, 1.807) is 0 Å². The van der Waals surface area contributed by atoms with E-state index < -0.39 is 12.1 Å². The van der Waals surface area contributed by atoms with E-state index in [0.717, 1.165) is 12.8 Å². The number of amides is 1. The molecule has 2 nitrogen and oxygen atoms in total. The van der Waals surface area contributed by atoms with E-state index in [1.165, 1.54) is 11.8 Å². The van der Waals surface area contributed by atoms with Gasteiger partial charge in [-0.05, 0) is 19.1 Å². The van der Waals surface area contributed by atoms with E-state index in [2.05, 4.69) is 0 Å². The standard InChI is InChI=1S/C9H16F3NOS/c1-4-8(5-2,15-3)6-13-7(14)9(10,11)12/h4-6H2,1-3H3,(H,13,14). The van der Waals surface area contributed by atoms with Gasteiger partial charge < -0.3 is 5.32 Å². The van der Waals surface area contributed by atoms with E-state index >= 15 is 0 Å². The van der Waals surface area contributed by atoms with E-state index in [1.807, 2.05) is 25.4 Å². The second-order valence-electron chi connectivity index (χ2n) is 3.27. The van der Waals surface area contributed by atoms with E-state index in [9.17, 15) is 18.0 Å². The molecule has 1 N–H and O–H groups in total. The summed E-state index contributed by atoms with van der Waals surface area (Å²) in [4.78, 5) is 10.6. The SMILES string of the molecule is CCC(CC)(CNC(=O)C(F)(F)F)SC. The van der Waals surface area contributed by atoms with Crippen LogP contribution in [-0.4, -0.2) is 29.6 Å². The van der Waals surface area contributed by atoms with Gasteiger partial charge in [0.05, 0.1) is 0 Å². The molecule has 0 aliphatic heterocycles. The molecule has 0 bridgehead atoms. The Bertz CT molecular complexity index is 206. The largest absolute Gasteiger partial charge is 0.471 e. The molecule has 0 unspecified atom stereocenters. The fourth-order valence-electron chi connectivity index (χ4n) is 1.20. The van der Waals surface area contributed by atoms with Crippen molar-refractivity contribution in [1.82, 2.24) is 5.32 Å². The molecule has 0 rings (SSSR count). The van der Waals surface area contributed by atoms with Gasteiger partial charge >= 0.3 is 12.1 Å². The number of thioether (sulfide) groups is 1. The summed E-state index contributed by atoms with van der Waals surface area (Å²) in [6.45, 7) is 3.86. The zero-order valence-corrected chi connectivity index (χ0v) is 9.89. The first kappa shape index (κ1) is 14.6. The highest BCUT2D eigenvalue weighted by atomic mass is 32.2. The third-order valence-electron chi connectivity index (χ3n) is 2.55. The van der Waals surface area contributed by atoms with Crippen LogP contribution in [0.25, 0.3) is 0 Å². The molecule has 0 fully saturated rings. The summed E-state index contributed by atoms with van der Waals surface area (Å²) in [6, 6.07) is 0. The summed E-state index contributed by atoms with van der Waals surface area (Å²) in [5.74, 6) is -1.86. The van der Waals surface area contributed by atoms with Crippen LogP contribution in [0.15, 0.2) is 0 Å². The lowest BCUT2D eigenvalue weighted by Gasteiger charge is -2.29. The first-order valence-electron chi connectivity index (χ1n) is 4.71. The first-order chi connectivity index (χ1) is 6.81. The van der Waals surface area contributed by atoms with Crippen molar-refractivity contribution in [3.05, 3.63) is 0 Å². The van der Waals surface area contributed by atoms with Gasteiger partial charge in [0.1, 0.15) is 0 Å². The smallest absolute Gasteiger partial charge is 0.347 e. The molecule has 15 heavy (non-hydrogen) atoms. The zero-order chi connectivity index (χ0) is 12.1. The lowest BCUT2D eigenvalue weighted by molar-refractivity contribution is -0.173. The van der Waals surface area contributed by atoms with Crippen molar-refractivity contribution in [3.63, 3.8) is 0 Å². The molecule has 0 saturated heterocycles. The Morgan fingerprint density at radius 2 is 1.73 bits per heavy atom. The Balaban J connectivity index is 4.29. The molecular formula is C9H16F3NOS. The van der Waals surface area contributed by atoms with Crippen molar-refractivity contribution in [2.45, 2.75) is 37.6 Å². The van der Waals surface area contributed by atoms with E-state index in [0.29, 0.717) is 0 Å². The van der Waals surface area contributed by atoms with Crippen LogP contribution in [0.1, 0.15) is 26.7 Å². The number of halogens is 3. The molecule has 1 amide bonds. The number of hydrogen-bond acceptors (Lipinski definition) is 2. The van der Waals surface area contributed by atoms with Crippen LogP contribution in [-0.2, 0) is 4.79 Å². The van der Waals surface area contributed by atoms with Crippen LogP contribution in [0.3, 0.4) is 0 Å². The molecule has 0 aliphatic rings. The Hall–Kier alpha value is -0.390. The van der Waals surface area contributed by atoms with Gasteiger partial charge in [0, 0.05) is 11.3 Å². The van der Waals surface area contributed by atoms with Crippen LogP contribution in [0.5, 0.6) is 0 Å². The van der Waals surface area contributed by atoms with Crippen molar-refractivity contribution < 1.29 is 18.0 Å². The lowest BCUT2D eigenvalue weighted by Crippen LogP contribution is -2.44. The molecule has 0 spiro atoms. The molecule has 0 heterocycles. The summed E-state index contributed by atoms with van der Waals surface area (Å²) in [6.07, 6.45) is -1.50. The summed E-state index contributed by atoms with van der Waals surface area (Å²) < 4.78 is 35.5. The third kappa shape index (κ3) is 4.32. The van der Waals surface area contributed by atoms with Crippen molar-refractivity contribution >= 4 is 17.7 Å². The van der Waals surface area contributed by atoms with Gasteiger partial charge in [0.2, 0.25) is 0 Å². The predicted octanol–water partition coefficient (Wildman–Crippen LogP) is 2.59. The molecule has 0 aromatic rings. The molecule has 6 heteroatoms. The lowest BCUT2D eigenvalue weighted by atomic mass is 10.0. The molecule has 0 aliphatic carbocycles. The maximum atomic E-state index is 11.9. The molecule has 0 atom stereocenters. The highest BCUT2D eigenvalue weighted by Crippen LogP contribution is 2.29. The van der Waals surface area contributed by atoms with Gasteiger partial charge in [-0.25, -0.2) is 0 Å². The minimum absolute atomic E-state index is 0.0551. The second kappa shape index (κ2) is 5.63. The maximum Gasteiger partial charge on any atom is 0.471 e. The molecular weight excluding hydrogens is 227 g/mol. The Morgan fingerprint density at radius 1 is 1.27 bits per heavy atom. The van der Waals surface area contributed by atoms with Crippen LogP contribution in [0.4, 0.5) is 13.2 Å². The van der Waals surface area contributed by atoms with Crippen LogP contribution >= 0.6 is 11.8 Å². The Labute approximate surface area is 92.0 Å². The molecule has 0 radical (unpaired) electrons. The fourth-order valence-corrected chi connectivity index (χ4v) is 2.00. The topological polar surface area (TPSA) is 29.1 Å². The number of nitrogens with one attached hydrogen (secondary N) is 1. The first-order valence-corrected chi connectivity index (χ1v) is 5.94. The van der Waals surface area contributed by atoms with Crippen molar-refractivity contribution in [2.75, 3.05) is 12.8 Å². The van der Waals surface area contributed by atoms with Crippen molar-refractivity contribution in [3.8, 4) is 0 Å². The van der Waals surface area contributed by atoms with Crippen LogP contribution < -0.4 is 5.32 Å². The predicted molar refractivity (Wildman–Crippen MR) is 55.9 cm³/mol. The van der Waals surface area contributed by atoms with E-state index in [4.69, 9.17) is 0 Å². The summed E-state index contributed by atoms with van der Waals surface area (Å²) in [5.41, 5.74) is 0.